The molecular weight excluding hydrogens is 338 g/mol. The first-order chi connectivity index (χ1) is 12.1. The van der Waals surface area contributed by atoms with Crippen LogP contribution in [0, 0.1) is 0 Å². The number of ether oxygens (including phenoxy) is 1. The molecule has 3 rings (SSSR count). The van der Waals surface area contributed by atoms with E-state index in [1.54, 1.807) is 24.3 Å². The Hall–Kier alpha value is -2.72. The van der Waals surface area contributed by atoms with Gasteiger partial charge in [-0.05, 0) is 36.8 Å². The highest BCUT2D eigenvalue weighted by Gasteiger charge is 2.15. The Morgan fingerprint density at radius 3 is 2.56 bits per heavy atom. The summed E-state index contributed by atoms with van der Waals surface area (Å²) in [5.74, 6) is 1.11. The third-order valence-corrected chi connectivity index (χ3v) is 4.05. The molecule has 5 heteroatoms. The smallest absolute Gasteiger partial charge is 0.287 e. The fraction of sp³-hybridized carbons (Fsp3) is 0.150. The molecule has 2 aromatic carbocycles. The van der Waals surface area contributed by atoms with E-state index in [4.69, 9.17) is 20.8 Å². The summed E-state index contributed by atoms with van der Waals surface area (Å²) in [6.07, 6.45) is 0. The van der Waals surface area contributed by atoms with E-state index in [2.05, 4.69) is 5.32 Å². The van der Waals surface area contributed by atoms with Crippen molar-refractivity contribution in [3.05, 3.63) is 88.8 Å². The number of nitrogens with one attached hydrogen (secondary N) is 1. The number of hydrogen-bond acceptors (Lipinski definition) is 3. The summed E-state index contributed by atoms with van der Waals surface area (Å²) in [6.45, 7) is 2.13. The van der Waals surface area contributed by atoms with Crippen molar-refractivity contribution >= 4 is 17.5 Å². The van der Waals surface area contributed by atoms with Crippen LogP contribution < -0.4 is 10.1 Å². The molecule has 128 valence electrons. The maximum Gasteiger partial charge on any atom is 0.287 e. The highest BCUT2D eigenvalue weighted by molar-refractivity contribution is 6.32. The van der Waals surface area contributed by atoms with Crippen LogP contribution in [0.2, 0.25) is 5.02 Å². The number of halogens is 1. The van der Waals surface area contributed by atoms with E-state index in [1.165, 1.54) is 0 Å². The molecule has 25 heavy (non-hydrogen) atoms. The van der Waals surface area contributed by atoms with Crippen molar-refractivity contribution in [3.8, 4) is 5.75 Å². The minimum absolute atomic E-state index is 0.110. The fourth-order valence-electron chi connectivity index (χ4n) is 2.38. The fourth-order valence-corrected chi connectivity index (χ4v) is 2.57. The van der Waals surface area contributed by atoms with Gasteiger partial charge in [0.15, 0.2) is 5.76 Å². The molecule has 4 nitrogen and oxygen atoms in total. The van der Waals surface area contributed by atoms with Gasteiger partial charge < -0.3 is 14.5 Å². The highest BCUT2D eigenvalue weighted by Crippen LogP contribution is 2.24. The second kappa shape index (κ2) is 7.90. The van der Waals surface area contributed by atoms with Crippen LogP contribution in [0.3, 0.4) is 0 Å². The lowest BCUT2D eigenvalue weighted by atomic mass is 10.1. The first kappa shape index (κ1) is 17.1. The maximum atomic E-state index is 12.3. The SMILES string of the molecule is C[C@H](NC(=O)c1ccc(COc2ccccc2Cl)o1)c1ccccc1. The van der Waals surface area contributed by atoms with Gasteiger partial charge in [0.1, 0.15) is 18.1 Å². The average molecular weight is 356 g/mol. The zero-order valence-corrected chi connectivity index (χ0v) is 14.5. The van der Waals surface area contributed by atoms with Crippen molar-refractivity contribution in [1.82, 2.24) is 5.32 Å². The van der Waals surface area contributed by atoms with Gasteiger partial charge in [-0.2, -0.15) is 0 Å². The predicted octanol–water partition coefficient (Wildman–Crippen LogP) is 5.00. The van der Waals surface area contributed by atoms with E-state index in [0.717, 1.165) is 5.56 Å². The molecule has 0 aliphatic rings. The summed E-state index contributed by atoms with van der Waals surface area (Å²) in [7, 11) is 0. The minimum atomic E-state index is -0.264. The summed E-state index contributed by atoms with van der Waals surface area (Å²) in [4.78, 5) is 12.3. The van der Waals surface area contributed by atoms with Gasteiger partial charge in [-0.3, -0.25) is 4.79 Å². The molecule has 0 aliphatic carbocycles. The van der Waals surface area contributed by atoms with E-state index in [1.807, 2.05) is 49.4 Å². The standard InChI is InChI=1S/C20H18ClNO3/c1-14(15-7-3-2-4-8-15)22-20(23)19-12-11-16(25-19)13-24-18-10-6-5-9-17(18)21/h2-12,14H,13H2,1H3,(H,22,23)/t14-/m0/s1. The summed E-state index contributed by atoms with van der Waals surface area (Å²) >= 11 is 6.04. The number of benzene rings is 2. The summed E-state index contributed by atoms with van der Waals surface area (Å²) in [6, 6.07) is 20.2. The minimum Gasteiger partial charge on any atom is -0.484 e. The zero-order valence-electron chi connectivity index (χ0n) is 13.7. The molecular formula is C20H18ClNO3. The van der Waals surface area contributed by atoms with Gasteiger partial charge in [0.05, 0.1) is 11.1 Å². The molecule has 1 heterocycles. The van der Waals surface area contributed by atoms with Crippen molar-refractivity contribution in [2.75, 3.05) is 0 Å². The molecule has 0 bridgehead atoms. The van der Waals surface area contributed by atoms with Crippen LogP contribution in [0.15, 0.2) is 71.1 Å². The normalized spacial score (nSPS) is 11.8. The van der Waals surface area contributed by atoms with Gasteiger partial charge >= 0.3 is 0 Å². The van der Waals surface area contributed by atoms with Gasteiger partial charge in [0.25, 0.3) is 5.91 Å². The molecule has 1 N–H and O–H groups in total. The zero-order chi connectivity index (χ0) is 17.6. The van der Waals surface area contributed by atoms with E-state index in [0.29, 0.717) is 16.5 Å². The largest absolute Gasteiger partial charge is 0.484 e. The Morgan fingerprint density at radius 2 is 1.80 bits per heavy atom. The number of furan rings is 1. The van der Waals surface area contributed by atoms with Gasteiger partial charge in [0.2, 0.25) is 0 Å². The lowest BCUT2D eigenvalue weighted by Crippen LogP contribution is -2.26. The van der Waals surface area contributed by atoms with Crippen LogP contribution in [0.4, 0.5) is 0 Å². The van der Waals surface area contributed by atoms with E-state index in [-0.39, 0.29) is 24.3 Å². The molecule has 0 saturated carbocycles. The molecule has 1 amide bonds. The maximum absolute atomic E-state index is 12.3. The van der Waals surface area contributed by atoms with Crippen LogP contribution >= 0.6 is 11.6 Å². The Balaban J connectivity index is 1.59. The van der Waals surface area contributed by atoms with Gasteiger partial charge in [-0.1, -0.05) is 54.1 Å². The van der Waals surface area contributed by atoms with Gasteiger partial charge in [-0.15, -0.1) is 0 Å². The topological polar surface area (TPSA) is 51.5 Å². The molecule has 0 unspecified atom stereocenters. The molecule has 0 aliphatic heterocycles. The highest BCUT2D eigenvalue weighted by atomic mass is 35.5. The molecule has 0 fully saturated rings. The number of rotatable bonds is 6. The van der Waals surface area contributed by atoms with Crippen LogP contribution in [-0.4, -0.2) is 5.91 Å². The van der Waals surface area contributed by atoms with E-state index >= 15 is 0 Å². The van der Waals surface area contributed by atoms with E-state index in [9.17, 15) is 4.79 Å². The van der Waals surface area contributed by atoms with Crippen molar-refractivity contribution in [3.63, 3.8) is 0 Å². The predicted molar refractivity (Wildman–Crippen MR) is 96.8 cm³/mol. The number of hydrogen-bond donors (Lipinski definition) is 1. The Labute approximate surface area is 151 Å². The monoisotopic (exact) mass is 355 g/mol. The molecule has 0 radical (unpaired) electrons. The van der Waals surface area contributed by atoms with Crippen molar-refractivity contribution in [2.45, 2.75) is 19.6 Å². The van der Waals surface area contributed by atoms with Crippen molar-refractivity contribution in [1.29, 1.82) is 0 Å². The van der Waals surface area contributed by atoms with Crippen LogP contribution in [-0.2, 0) is 6.61 Å². The summed E-state index contributed by atoms with van der Waals surface area (Å²) in [5.41, 5.74) is 1.03. The Bertz CT molecular complexity index is 845. The van der Waals surface area contributed by atoms with Crippen molar-refractivity contribution < 1.29 is 13.9 Å². The first-order valence-corrected chi connectivity index (χ1v) is 8.33. The Morgan fingerprint density at radius 1 is 1.08 bits per heavy atom. The summed E-state index contributed by atoms with van der Waals surface area (Å²) < 4.78 is 11.2. The van der Waals surface area contributed by atoms with Crippen LogP contribution in [0.1, 0.15) is 34.8 Å². The molecule has 1 aromatic heterocycles. The molecule has 0 spiro atoms. The second-order valence-electron chi connectivity index (χ2n) is 5.59. The Kier molecular flexibility index (Phi) is 5.41. The van der Waals surface area contributed by atoms with Crippen molar-refractivity contribution in [2.24, 2.45) is 0 Å². The third-order valence-electron chi connectivity index (χ3n) is 3.74. The second-order valence-corrected chi connectivity index (χ2v) is 6.00. The van der Waals surface area contributed by atoms with Crippen LogP contribution in [0.25, 0.3) is 0 Å². The number of carbonyl (C=O) groups excluding carboxylic acids is 1. The molecule has 3 aromatic rings. The average Bonchev–Trinajstić information content (AvgIpc) is 3.11. The molecule has 0 saturated heterocycles. The number of carbonyl (C=O) groups is 1. The first-order valence-electron chi connectivity index (χ1n) is 7.95. The number of para-hydroxylation sites is 1. The molecule has 1 atom stereocenters. The number of amides is 1. The van der Waals surface area contributed by atoms with E-state index < -0.39 is 0 Å². The van der Waals surface area contributed by atoms with Gasteiger partial charge in [-0.25, -0.2) is 0 Å². The lowest BCUT2D eigenvalue weighted by molar-refractivity contribution is 0.0907. The quantitative estimate of drug-likeness (QED) is 0.676. The third kappa shape index (κ3) is 4.43. The van der Waals surface area contributed by atoms with Crippen LogP contribution in [0.5, 0.6) is 5.75 Å². The lowest BCUT2D eigenvalue weighted by Gasteiger charge is -2.13. The van der Waals surface area contributed by atoms with Gasteiger partial charge in [0, 0.05) is 0 Å². The summed E-state index contributed by atoms with van der Waals surface area (Å²) in [5, 5.41) is 3.45.